The lowest BCUT2D eigenvalue weighted by atomic mass is 10.1. The molecule has 0 amide bonds. The zero-order valence-corrected chi connectivity index (χ0v) is 26.0. The maximum Gasteiger partial charge on any atom is 0.330 e. The van der Waals surface area contributed by atoms with Gasteiger partial charge in [-0.2, -0.15) is 0 Å². The third kappa shape index (κ3) is 27.3. The highest BCUT2D eigenvalue weighted by Crippen LogP contribution is 2.04. The summed E-state index contributed by atoms with van der Waals surface area (Å²) >= 11 is 0. The van der Waals surface area contributed by atoms with Crippen molar-refractivity contribution in [3.8, 4) is 0 Å². The molecule has 0 aliphatic rings. The molecule has 0 spiro atoms. The predicted molar refractivity (Wildman–Crippen MR) is 161 cm³/mol. The minimum atomic E-state index is -0.462. The molecule has 0 aromatic heterocycles. The average molecular weight is 631 g/mol. The number of methoxy groups -OCH3 is 1. The van der Waals surface area contributed by atoms with Gasteiger partial charge in [-0.25, -0.2) is 4.79 Å². The maximum atomic E-state index is 11.7. The van der Waals surface area contributed by atoms with Crippen molar-refractivity contribution in [1.82, 2.24) is 0 Å². The number of ether oxygens (including phenoxy) is 11. The number of esters is 1. The highest BCUT2D eigenvalue weighted by atomic mass is 16.6. The van der Waals surface area contributed by atoms with Gasteiger partial charge in [-0.05, 0) is 11.6 Å². The number of rotatable bonds is 33. The van der Waals surface area contributed by atoms with Crippen LogP contribution in [0.5, 0.6) is 0 Å². The van der Waals surface area contributed by atoms with E-state index in [1.165, 1.54) is 6.08 Å². The van der Waals surface area contributed by atoms with E-state index in [1.807, 2.05) is 0 Å². The highest BCUT2D eigenvalue weighted by Gasteiger charge is 1.99. The summed E-state index contributed by atoms with van der Waals surface area (Å²) in [4.78, 5) is 22.4. The Hall–Kier alpha value is -2.30. The quantitative estimate of drug-likeness (QED) is 0.0484. The third-order valence-electron chi connectivity index (χ3n) is 5.36. The van der Waals surface area contributed by atoms with Crippen molar-refractivity contribution in [1.29, 1.82) is 0 Å². The first kappa shape index (κ1) is 39.7. The van der Waals surface area contributed by atoms with E-state index in [2.05, 4.69) is 0 Å². The summed E-state index contributed by atoms with van der Waals surface area (Å²) in [7, 11) is 1.64. The van der Waals surface area contributed by atoms with Gasteiger partial charge in [0.15, 0.2) is 0 Å². The van der Waals surface area contributed by atoms with Crippen LogP contribution in [0.3, 0.4) is 0 Å². The third-order valence-corrected chi connectivity index (χ3v) is 5.36. The molecule has 0 fully saturated rings. The fraction of sp³-hybridized carbons (Fsp3) is 0.677. The Kier molecular flexibility index (Phi) is 29.0. The van der Waals surface area contributed by atoms with Crippen LogP contribution in [-0.2, 0) is 56.9 Å². The first-order chi connectivity index (χ1) is 21.8. The molecule has 13 heteroatoms. The Bertz CT molecular complexity index is 804. The largest absolute Gasteiger partial charge is 0.460 e. The lowest BCUT2D eigenvalue weighted by Crippen LogP contribution is -2.15. The molecular formula is C31H50O13. The topological polar surface area (TPSA) is 136 Å². The monoisotopic (exact) mass is 630 g/mol. The molecule has 0 aliphatic carbocycles. The van der Waals surface area contributed by atoms with Crippen molar-refractivity contribution < 1.29 is 61.7 Å². The highest BCUT2D eigenvalue weighted by molar-refractivity contribution is 5.87. The summed E-state index contributed by atoms with van der Waals surface area (Å²) in [5, 5.41) is 0. The predicted octanol–water partition coefficient (Wildman–Crippen LogP) is 1.85. The number of hydrogen-bond acceptors (Lipinski definition) is 13. The Morgan fingerprint density at radius 3 is 1.09 bits per heavy atom. The fourth-order valence-electron chi connectivity index (χ4n) is 3.10. The normalized spacial score (nSPS) is 11.4. The molecule has 0 saturated heterocycles. The van der Waals surface area contributed by atoms with Crippen LogP contribution in [0, 0.1) is 0 Å². The van der Waals surface area contributed by atoms with Crippen LogP contribution < -0.4 is 0 Å². The van der Waals surface area contributed by atoms with E-state index in [-0.39, 0.29) is 13.2 Å². The molecule has 0 aliphatic heterocycles. The zero-order valence-electron chi connectivity index (χ0n) is 26.0. The second kappa shape index (κ2) is 32.1. The number of aldehydes is 1. The lowest BCUT2D eigenvalue weighted by molar-refractivity contribution is -0.139. The van der Waals surface area contributed by atoms with Crippen LogP contribution in [0.4, 0.5) is 0 Å². The molecule has 1 aromatic carbocycles. The molecule has 1 rings (SSSR count). The van der Waals surface area contributed by atoms with Gasteiger partial charge in [-0.1, -0.05) is 24.3 Å². The molecular weight excluding hydrogens is 580 g/mol. The molecule has 0 bridgehead atoms. The molecule has 13 nitrogen and oxygen atoms in total. The second-order valence-corrected chi connectivity index (χ2v) is 8.79. The van der Waals surface area contributed by atoms with Gasteiger partial charge < -0.3 is 52.1 Å². The zero-order chi connectivity index (χ0) is 31.6. The summed E-state index contributed by atoms with van der Waals surface area (Å²) in [5.74, 6) is -0.462. The Labute approximate surface area is 260 Å². The molecule has 252 valence electrons. The summed E-state index contributed by atoms with van der Waals surface area (Å²) in [6.45, 7) is 9.37. The minimum Gasteiger partial charge on any atom is -0.460 e. The van der Waals surface area contributed by atoms with Crippen LogP contribution in [0.25, 0.3) is 6.08 Å². The van der Waals surface area contributed by atoms with E-state index >= 15 is 0 Å². The van der Waals surface area contributed by atoms with E-state index in [4.69, 9.17) is 52.1 Å². The standard InChI is InChI=1S/C31H50O13/c1-34-8-9-35-10-11-36-12-13-37-14-15-38-16-17-39-18-19-40-20-21-41-22-23-42-24-25-43-26-27-44-31(33)7-6-29-2-4-30(28-32)5-3-29/h2-7,28H,8-27H2,1H3. The van der Waals surface area contributed by atoms with Crippen molar-refractivity contribution in [3.05, 3.63) is 41.5 Å². The maximum absolute atomic E-state index is 11.7. The van der Waals surface area contributed by atoms with Crippen molar-refractivity contribution in [3.63, 3.8) is 0 Å². The molecule has 0 atom stereocenters. The van der Waals surface area contributed by atoms with Gasteiger partial charge in [0.05, 0.1) is 126 Å². The van der Waals surface area contributed by atoms with E-state index in [0.29, 0.717) is 124 Å². The Morgan fingerprint density at radius 2 is 0.773 bits per heavy atom. The SMILES string of the molecule is COCCOCCOCCOCCOCCOCCOCCOCCOCCOCCOC(=O)C=Cc1ccc(C=O)cc1. The van der Waals surface area contributed by atoms with Crippen LogP contribution in [0.15, 0.2) is 30.3 Å². The molecule has 0 unspecified atom stereocenters. The average Bonchev–Trinajstić information content (AvgIpc) is 3.05. The molecule has 0 N–H and O–H groups in total. The number of carbonyl (C=O) groups is 2. The van der Waals surface area contributed by atoms with Gasteiger partial charge in [0.1, 0.15) is 12.9 Å². The van der Waals surface area contributed by atoms with E-state index < -0.39 is 5.97 Å². The molecule has 0 heterocycles. The first-order valence-electron chi connectivity index (χ1n) is 14.8. The van der Waals surface area contributed by atoms with E-state index in [1.54, 1.807) is 37.5 Å². The van der Waals surface area contributed by atoms with Crippen molar-refractivity contribution in [2.75, 3.05) is 139 Å². The van der Waals surface area contributed by atoms with Gasteiger partial charge in [-0.3, -0.25) is 4.79 Å². The van der Waals surface area contributed by atoms with E-state index in [0.717, 1.165) is 11.8 Å². The van der Waals surface area contributed by atoms with Gasteiger partial charge in [0.25, 0.3) is 0 Å². The molecule has 44 heavy (non-hydrogen) atoms. The first-order valence-corrected chi connectivity index (χ1v) is 14.8. The van der Waals surface area contributed by atoms with Crippen LogP contribution in [-0.4, -0.2) is 152 Å². The summed E-state index contributed by atoms with van der Waals surface area (Å²) in [6.07, 6.45) is 3.72. The van der Waals surface area contributed by atoms with E-state index in [9.17, 15) is 9.59 Å². The second-order valence-electron chi connectivity index (χ2n) is 8.79. The van der Waals surface area contributed by atoms with Gasteiger partial charge in [0.2, 0.25) is 0 Å². The Morgan fingerprint density at radius 1 is 0.477 bits per heavy atom. The van der Waals surface area contributed by atoms with Gasteiger partial charge >= 0.3 is 5.97 Å². The number of hydrogen-bond donors (Lipinski definition) is 0. The smallest absolute Gasteiger partial charge is 0.330 e. The van der Waals surface area contributed by atoms with Gasteiger partial charge in [-0.15, -0.1) is 0 Å². The fourth-order valence-corrected chi connectivity index (χ4v) is 3.10. The molecule has 0 radical (unpaired) electrons. The molecule has 0 saturated carbocycles. The summed E-state index contributed by atoms with van der Waals surface area (Å²) in [5.41, 5.74) is 1.38. The Balaban J connectivity index is 1.70. The minimum absolute atomic E-state index is 0.148. The molecule has 1 aromatic rings. The summed E-state index contributed by atoms with van der Waals surface area (Å²) in [6, 6.07) is 6.85. The van der Waals surface area contributed by atoms with Gasteiger partial charge in [0, 0.05) is 18.7 Å². The van der Waals surface area contributed by atoms with Crippen molar-refractivity contribution >= 4 is 18.3 Å². The summed E-state index contributed by atoms with van der Waals surface area (Å²) < 4.78 is 58.7. The van der Waals surface area contributed by atoms with Crippen LogP contribution in [0.2, 0.25) is 0 Å². The number of carbonyl (C=O) groups excluding carboxylic acids is 2. The number of benzene rings is 1. The van der Waals surface area contributed by atoms with Crippen molar-refractivity contribution in [2.45, 2.75) is 0 Å². The lowest BCUT2D eigenvalue weighted by Gasteiger charge is -2.09. The van der Waals surface area contributed by atoms with Crippen molar-refractivity contribution in [2.24, 2.45) is 0 Å². The van der Waals surface area contributed by atoms with Crippen LogP contribution in [0.1, 0.15) is 15.9 Å². The van der Waals surface area contributed by atoms with Crippen LogP contribution >= 0.6 is 0 Å².